The molecule has 2 aliphatic heterocycles. The Morgan fingerprint density at radius 3 is 2.81 bits per heavy atom. The first kappa shape index (κ1) is 20.2. The number of aromatic nitrogens is 3. The zero-order valence-corrected chi connectivity index (χ0v) is 17.9. The van der Waals surface area contributed by atoms with E-state index in [1.165, 1.54) is 6.20 Å². The van der Waals surface area contributed by atoms with Crippen LogP contribution < -0.4 is 10.5 Å². The Morgan fingerprint density at radius 1 is 1.25 bits per heavy atom. The maximum absolute atomic E-state index is 13.7. The third-order valence-corrected chi connectivity index (χ3v) is 6.29. The van der Waals surface area contributed by atoms with Gasteiger partial charge in [0.25, 0.3) is 11.5 Å². The van der Waals surface area contributed by atoms with Gasteiger partial charge in [-0.3, -0.25) is 19.4 Å². The minimum atomic E-state index is -0.824. The molecular weight excluding hydrogens is 410 g/mol. The maximum Gasteiger partial charge on any atom is 0.272 e. The number of nitrogens with zero attached hydrogens (tertiary/aromatic N) is 4. The normalized spacial score (nSPS) is 19.9. The zero-order chi connectivity index (χ0) is 22.5. The number of aromatic amines is 1. The van der Waals surface area contributed by atoms with E-state index in [2.05, 4.69) is 15.1 Å². The number of amides is 2. The fourth-order valence-corrected chi connectivity index (χ4v) is 4.62. The summed E-state index contributed by atoms with van der Waals surface area (Å²) in [7, 11) is 0. The van der Waals surface area contributed by atoms with Gasteiger partial charge in [-0.15, -0.1) is 0 Å². The second kappa shape index (κ2) is 7.44. The van der Waals surface area contributed by atoms with E-state index in [-0.39, 0.29) is 36.5 Å². The highest BCUT2D eigenvalue weighted by atomic mass is 16.5. The van der Waals surface area contributed by atoms with Crippen molar-refractivity contribution in [1.82, 2.24) is 20.0 Å². The molecule has 5 rings (SSSR count). The summed E-state index contributed by atoms with van der Waals surface area (Å²) in [4.78, 5) is 47.9. The van der Waals surface area contributed by atoms with E-state index in [0.29, 0.717) is 18.7 Å². The Balaban J connectivity index is 1.45. The van der Waals surface area contributed by atoms with Crippen LogP contribution in [-0.2, 0) is 16.8 Å². The number of anilines is 1. The number of benzene rings is 1. The van der Waals surface area contributed by atoms with Crippen molar-refractivity contribution in [2.45, 2.75) is 38.1 Å². The SMILES string of the molecule is CC(C)c1cc(CN2C(=O)C3(CCN(C(=O)c4cncc(=O)[nH]4)C3)c3ccccc32)on1. The molecule has 0 aliphatic carbocycles. The Labute approximate surface area is 184 Å². The summed E-state index contributed by atoms with van der Waals surface area (Å²) in [6.45, 7) is 4.99. The van der Waals surface area contributed by atoms with Crippen LogP contribution in [0.25, 0.3) is 0 Å². The second-order valence-electron chi connectivity index (χ2n) is 8.65. The fraction of sp³-hybridized carbons (Fsp3) is 0.348. The molecule has 1 unspecified atom stereocenters. The van der Waals surface area contributed by atoms with Gasteiger partial charge < -0.3 is 19.3 Å². The molecule has 164 valence electrons. The topological polar surface area (TPSA) is 112 Å². The molecule has 1 fully saturated rings. The largest absolute Gasteiger partial charge is 0.359 e. The van der Waals surface area contributed by atoms with Crippen LogP contribution in [0.3, 0.4) is 0 Å². The van der Waals surface area contributed by atoms with E-state index >= 15 is 0 Å². The van der Waals surface area contributed by atoms with Crippen LogP contribution in [0.15, 0.2) is 52.0 Å². The first-order chi connectivity index (χ1) is 15.4. The van der Waals surface area contributed by atoms with Gasteiger partial charge in [-0.25, -0.2) is 0 Å². The van der Waals surface area contributed by atoms with Gasteiger partial charge in [-0.05, 0) is 24.0 Å². The first-order valence-corrected chi connectivity index (χ1v) is 10.6. The number of carbonyl (C=O) groups excluding carboxylic acids is 2. The van der Waals surface area contributed by atoms with Crippen LogP contribution in [-0.4, -0.2) is 44.9 Å². The molecule has 32 heavy (non-hydrogen) atoms. The van der Waals surface area contributed by atoms with Gasteiger partial charge >= 0.3 is 0 Å². The van der Waals surface area contributed by atoms with Crippen molar-refractivity contribution in [1.29, 1.82) is 0 Å². The third-order valence-electron chi connectivity index (χ3n) is 6.29. The third kappa shape index (κ3) is 3.12. The van der Waals surface area contributed by atoms with E-state index in [4.69, 9.17) is 4.52 Å². The average Bonchev–Trinajstić information content (AvgIpc) is 3.49. The number of rotatable bonds is 4. The van der Waals surface area contributed by atoms with Crippen LogP contribution in [0.5, 0.6) is 0 Å². The van der Waals surface area contributed by atoms with Crippen molar-refractivity contribution in [3.63, 3.8) is 0 Å². The van der Waals surface area contributed by atoms with Crippen molar-refractivity contribution in [2.75, 3.05) is 18.0 Å². The molecule has 1 N–H and O–H groups in total. The number of carbonyl (C=O) groups is 2. The van der Waals surface area contributed by atoms with Gasteiger partial charge in [0.2, 0.25) is 5.91 Å². The number of likely N-dealkylation sites (tertiary alicyclic amines) is 1. The standard InChI is InChI=1S/C23H23N5O4/c1-14(2)17-9-15(32-26-17)12-28-19-6-4-3-5-16(19)23(22(28)31)7-8-27(13-23)21(30)18-10-24-11-20(29)25-18/h3-6,9-11,14H,7-8,12-13H2,1-2H3,(H,25,29). The molecule has 1 saturated heterocycles. The summed E-state index contributed by atoms with van der Waals surface area (Å²) in [5, 5.41) is 4.10. The molecule has 0 bridgehead atoms. The number of hydrogen-bond donors (Lipinski definition) is 1. The number of nitrogens with one attached hydrogen (secondary N) is 1. The van der Waals surface area contributed by atoms with E-state index in [0.717, 1.165) is 23.1 Å². The van der Waals surface area contributed by atoms with Crippen molar-refractivity contribution >= 4 is 17.5 Å². The van der Waals surface area contributed by atoms with Gasteiger partial charge in [0.15, 0.2) is 5.76 Å². The lowest BCUT2D eigenvalue weighted by atomic mass is 9.81. The summed E-state index contributed by atoms with van der Waals surface area (Å²) in [6, 6.07) is 9.56. The molecule has 0 radical (unpaired) electrons. The summed E-state index contributed by atoms with van der Waals surface area (Å²) in [6.07, 6.45) is 2.95. The quantitative estimate of drug-likeness (QED) is 0.675. The van der Waals surface area contributed by atoms with Gasteiger partial charge in [0, 0.05) is 24.8 Å². The fourth-order valence-electron chi connectivity index (χ4n) is 4.62. The molecule has 3 aromatic rings. The number of H-pyrrole nitrogens is 1. The number of fused-ring (bicyclic) bond motifs is 2. The molecule has 2 amide bonds. The highest BCUT2D eigenvalue weighted by Gasteiger charge is 2.55. The Morgan fingerprint density at radius 2 is 2.06 bits per heavy atom. The van der Waals surface area contributed by atoms with E-state index in [9.17, 15) is 14.4 Å². The highest BCUT2D eigenvalue weighted by Crippen LogP contribution is 2.48. The van der Waals surface area contributed by atoms with Crippen LogP contribution >= 0.6 is 0 Å². The molecule has 4 heterocycles. The van der Waals surface area contributed by atoms with Gasteiger partial charge in [0.05, 0.1) is 30.0 Å². The van der Waals surface area contributed by atoms with Crippen LogP contribution in [0.2, 0.25) is 0 Å². The molecular formula is C23H23N5O4. The van der Waals surface area contributed by atoms with E-state index in [1.807, 2.05) is 44.2 Å². The zero-order valence-electron chi connectivity index (χ0n) is 17.9. The monoisotopic (exact) mass is 433 g/mol. The van der Waals surface area contributed by atoms with Crippen molar-refractivity contribution < 1.29 is 14.1 Å². The van der Waals surface area contributed by atoms with Crippen molar-refractivity contribution in [3.05, 3.63) is 75.8 Å². The molecule has 2 aromatic heterocycles. The molecule has 0 saturated carbocycles. The lowest BCUT2D eigenvalue weighted by molar-refractivity contribution is -0.122. The Kier molecular flexibility index (Phi) is 4.69. The molecule has 1 spiro atoms. The van der Waals surface area contributed by atoms with Crippen LogP contribution in [0.4, 0.5) is 5.69 Å². The van der Waals surface area contributed by atoms with Gasteiger partial charge in [-0.1, -0.05) is 37.2 Å². The summed E-state index contributed by atoms with van der Waals surface area (Å²) >= 11 is 0. The smallest absolute Gasteiger partial charge is 0.272 e. The van der Waals surface area contributed by atoms with Crippen molar-refractivity contribution in [2.24, 2.45) is 0 Å². The summed E-state index contributed by atoms with van der Waals surface area (Å²) < 4.78 is 5.48. The lowest BCUT2D eigenvalue weighted by Gasteiger charge is -2.24. The molecule has 2 aliphatic rings. The minimum Gasteiger partial charge on any atom is -0.359 e. The highest BCUT2D eigenvalue weighted by molar-refractivity contribution is 6.09. The average molecular weight is 433 g/mol. The maximum atomic E-state index is 13.7. The molecule has 9 heteroatoms. The molecule has 9 nitrogen and oxygen atoms in total. The summed E-state index contributed by atoms with van der Waals surface area (Å²) in [5.41, 5.74) is 1.43. The number of para-hydroxylation sites is 1. The summed E-state index contributed by atoms with van der Waals surface area (Å²) in [5.74, 6) is 0.449. The van der Waals surface area contributed by atoms with Crippen LogP contribution in [0, 0.1) is 0 Å². The second-order valence-corrected chi connectivity index (χ2v) is 8.65. The van der Waals surface area contributed by atoms with Gasteiger partial charge in [-0.2, -0.15) is 0 Å². The van der Waals surface area contributed by atoms with Crippen molar-refractivity contribution in [3.8, 4) is 0 Å². The predicted octanol–water partition coefficient (Wildman–Crippen LogP) is 2.21. The number of hydrogen-bond acceptors (Lipinski definition) is 6. The lowest BCUT2D eigenvalue weighted by Crippen LogP contribution is -2.43. The molecule has 1 aromatic carbocycles. The minimum absolute atomic E-state index is 0.0591. The van der Waals surface area contributed by atoms with E-state index < -0.39 is 11.0 Å². The first-order valence-electron chi connectivity index (χ1n) is 10.6. The van der Waals surface area contributed by atoms with E-state index in [1.54, 1.807) is 9.80 Å². The molecule has 1 atom stereocenters. The Bertz CT molecular complexity index is 1260. The van der Waals surface area contributed by atoms with Crippen LogP contribution in [0.1, 0.15) is 53.7 Å². The Hall–Kier alpha value is -3.75. The predicted molar refractivity (Wildman–Crippen MR) is 115 cm³/mol. The van der Waals surface area contributed by atoms with Gasteiger partial charge in [0.1, 0.15) is 5.69 Å².